The third kappa shape index (κ3) is 4.57. The van der Waals surface area contributed by atoms with Crippen LogP contribution in [0.15, 0.2) is 12.1 Å². The molecule has 0 atom stereocenters. The van der Waals surface area contributed by atoms with Gasteiger partial charge in [0.15, 0.2) is 0 Å². The molecule has 0 spiro atoms. The Morgan fingerprint density at radius 1 is 1.00 bits per heavy atom. The van der Waals surface area contributed by atoms with E-state index in [1.807, 2.05) is 19.9 Å². The predicted molar refractivity (Wildman–Crippen MR) is 95.1 cm³/mol. The third-order valence-corrected chi connectivity index (χ3v) is 4.22. The fourth-order valence-electron chi connectivity index (χ4n) is 2.86. The van der Waals surface area contributed by atoms with Gasteiger partial charge in [-0.15, -0.1) is 0 Å². The van der Waals surface area contributed by atoms with Gasteiger partial charge in [-0.05, 0) is 13.1 Å². The Hall–Kier alpha value is -1.84. The first-order chi connectivity index (χ1) is 11.3. The molecule has 126 valence electrons. The Kier molecular flexibility index (Phi) is 6.63. The molecule has 2 fully saturated rings. The van der Waals surface area contributed by atoms with Crippen molar-refractivity contribution in [1.82, 2.24) is 15.2 Å². The molecule has 1 aromatic rings. The number of nitrogens with zero attached hydrogens (tertiary/aromatic N) is 5. The maximum atomic E-state index is 9.26. The van der Waals surface area contributed by atoms with E-state index in [0.29, 0.717) is 5.69 Å². The summed E-state index contributed by atoms with van der Waals surface area (Å²) in [5.74, 6) is 0.940. The van der Waals surface area contributed by atoms with Gasteiger partial charge in [0.2, 0.25) is 0 Å². The number of piperazine rings is 2. The van der Waals surface area contributed by atoms with Gasteiger partial charge in [-0.25, -0.2) is 4.98 Å². The second kappa shape index (κ2) is 8.70. The summed E-state index contributed by atoms with van der Waals surface area (Å²) in [6.45, 7) is 12.0. The van der Waals surface area contributed by atoms with Crippen LogP contribution in [0.5, 0.6) is 0 Å². The van der Waals surface area contributed by atoms with Crippen molar-refractivity contribution in [3.05, 3.63) is 17.8 Å². The molecular weight excluding hydrogens is 288 g/mol. The summed E-state index contributed by atoms with van der Waals surface area (Å²) in [7, 11) is 2.14. The smallest absolute Gasteiger partial charge is 0.144 e. The van der Waals surface area contributed by atoms with E-state index in [-0.39, 0.29) is 0 Å². The number of anilines is 2. The van der Waals surface area contributed by atoms with Crippen molar-refractivity contribution in [3.63, 3.8) is 0 Å². The number of rotatable bonds is 2. The highest BCUT2D eigenvalue weighted by molar-refractivity contribution is 5.58. The molecule has 1 aromatic heterocycles. The standard InChI is InChI=1S/C15H22N6.C2H6/c1-19-6-8-21(9-7-19)15-11-14(10-13(12-16)18-15)20-4-2-17-3-5-20;1-2/h10-11,17H,2-9H2,1H3;1-2H3. The molecule has 3 rings (SSSR count). The highest BCUT2D eigenvalue weighted by Gasteiger charge is 2.18. The van der Waals surface area contributed by atoms with Crippen LogP contribution in [0.25, 0.3) is 0 Å². The lowest BCUT2D eigenvalue weighted by molar-refractivity contribution is 0.312. The molecular formula is C17H28N6. The van der Waals surface area contributed by atoms with E-state index >= 15 is 0 Å². The Labute approximate surface area is 139 Å². The quantitative estimate of drug-likeness (QED) is 0.883. The van der Waals surface area contributed by atoms with Gasteiger partial charge < -0.3 is 20.0 Å². The molecule has 2 saturated heterocycles. The zero-order valence-electron chi connectivity index (χ0n) is 14.5. The van der Waals surface area contributed by atoms with Crippen LogP contribution in [0.2, 0.25) is 0 Å². The van der Waals surface area contributed by atoms with Gasteiger partial charge in [0.1, 0.15) is 17.6 Å². The molecule has 2 aliphatic heterocycles. The van der Waals surface area contributed by atoms with E-state index < -0.39 is 0 Å². The van der Waals surface area contributed by atoms with Crippen molar-refractivity contribution in [1.29, 1.82) is 5.26 Å². The molecule has 0 unspecified atom stereocenters. The first-order valence-electron chi connectivity index (χ1n) is 8.57. The summed E-state index contributed by atoms with van der Waals surface area (Å²) in [6, 6.07) is 6.25. The summed E-state index contributed by atoms with van der Waals surface area (Å²) < 4.78 is 0. The number of aromatic nitrogens is 1. The highest BCUT2D eigenvalue weighted by atomic mass is 15.3. The van der Waals surface area contributed by atoms with Gasteiger partial charge in [-0.2, -0.15) is 5.26 Å². The monoisotopic (exact) mass is 316 g/mol. The summed E-state index contributed by atoms with van der Waals surface area (Å²) >= 11 is 0. The third-order valence-electron chi connectivity index (χ3n) is 4.22. The normalized spacial score (nSPS) is 18.9. The summed E-state index contributed by atoms with van der Waals surface area (Å²) in [6.07, 6.45) is 0. The molecule has 0 aliphatic carbocycles. The average Bonchev–Trinajstić information content (AvgIpc) is 2.64. The maximum absolute atomic E-state index is 9.26. The minimum Gasteiger partial charge on any atom is -0.369 e. The van der Waals surface area contributed by atoms with Crippen molar-refractivity contribution in [2.24, 2.45) is 0 Å². The molecule has 0 aromatic carbocycles. The fourth-order valence-corrected chi connectivity index (χ4v) is 2.86. The van der Waals surface area contributed by atoms with Crippen molar-refractivity contribution in [2.75, 3.05) is 69.2 Å². The minimum absolute atomic E-state index is 0.514. The highest BCUT2D eigenvalue weighted by Crippen LogP contribution is 2.23. The fraction of sp³-hybridized carbons (Fsp3) is 0.647. The zero-order valence-corrected chi connectivity index (χ0v) is 14.5. The van der Waals surface area contributed by atoms with Crippen LogP contribution in [0.4, 0.5) is 11.5 Å². The first-order valence-corrected chi connectivity index (χ1v) is 8.57. The molecule has 23 heavy (non-hydrogen) atoms. The number of pyridine rings is 1. The largest absolute Gasteiger partial charge is 0.369 e. The molecule has 0 radical (unpaired) electrons. The number of nitrogens with one attached hydrogen (secondary N) is 1. The Morgan fingerprint density at radius 2 is 1.65 bits per heavy atom. The molecule has 3 heterocycles. The molecule has 0 bridgehead atoms. The van der Waals surface area contributed by atoms with Crippen LogP contribution in [-0.2, 0) is 0 Å². The van der Waals surface area contributed by atoms with Gasteiger partial charge in [0.25, 0.3) is 0 Å². The topological polar surface area (TPSA) is 58.4 Å². The Morgan fingerprint density at radius 3 is 2.26 bits per heavy atom. The van der Waals surface area contributed by atoms with Crippen LogP contribution in [-0.4, -0.2) is 69.3 Å². The molecule has 2 aliphatic rings. The molecule has 6 heteroatoms. The number of hydrogen-bond donors (Lipinski definition) is 1. The van der Waals surface area contributed by atoms with Gasteiger partial charge in [-0.1, -0.05) is 13.8 Å². The Bertz CT molecular complexity index is 524. The van der Waals surface area contributed by atoms with Crippen molar-refractivity contribution in [2.45, 2.75) is 13.8 Å². The number of nitriles is 1. The van der Waals surface area contributed by atoms with E-state index in [9.17, 15) is 5.26 Å². The van der Waals surface area contributed by atoms with Crippen LogP contribution < -0.4 is 15.1 Å². The second-order valence-corrected chi connectivity index (χ2v) is 5.71. The second-order valence-electron chi connectivity index (χ2n) is 5.71. The zero-order chi connectivity index (χ0) is 16.7. The van der Waals surface area contributed by atoms with Gasteiger partial charge in [0.05, 0.1) is 0 Å². The molecule has 0 saturated carbocycles. The number of hydrogen-bond acceptors (Lipinski definition) is 6. The van der Waals surface area contributed by atoms with E-state index in [4.69, 9.17) is 0 Å². The summed E-state index contributed by atoms with van der Waals surface area (Å²) in [5, 5.41) is 12.6. The van der Waals surface area contributed by atoms with Crippen LogP contribution in [0.3, 0.4) is 0 Å². The lowest BCUT2D eigenvalue weighted by Gasteiger charge is -2.34. The average molecular weight is 316 g/mol. The van der Waals surface area contributed by atoms with E-state index in [1.54, 1.807) is 0 Å². The van der Waals surface area contributed by atoms with Gasteiger partial charge in [0, 0.05) is 64.1 Å². The van der Waals surface area contributed by atoms with Gasteiger partial charge in [-0.3, -0.25) is 0 Å². The Balaban J connectivity index is 0.000000924. The van der Waals surface area contributed by atoms with Crippen LogP contribution >= 0.6 is 0 Å². The first kappa shape index (κ1) is 17.5. The predicted octanol–water partition coefficient (Wildman–Crippen LogP) is 1.14. The van der Waals surface area contributed by atoms with E-state index in [1.165, 1.54) is 0 Å². The summed E-state index contributed by atoms with van der Waals surface area (Å²) in [4.78, 5) is 11.4. The van der Waals surface area contributed by atoms with E-state index in [2.05, 4.69) is 44.2 Å². The lowest BCUT2D eigenvalue weighted by atomic mass is 10.2. The number of likely N-dealkylation sites (N-methyl/N-ethyl adjacent to an activating group) is 1. The van der Waals surface area contributed by atoms with Crippen molar-refractivity contribution in [3.8, 4) is 6.07 Å². The lowest BCUT2D eigenvalue weighted by Crippen LogP contribution is -2.45. The summed E-state index contributed by atoms with van der Waals surface area (Å²) in [5.41, 5.74) is 1.64. The van der Waals surface area contributed by atoms with Crippen LogP contribution in [0, 0.1) is 11.3 Å². The SMILES string of the molecule is CC.CN1CCN(c2cc(N3CCNCC3)cc(C#N)n2)CC1. The van der Waals surface area contributed by atoms with Crippen LogP contribution in [0.1, 0.15) is 19.5 Å². The minimum atomic E-state index is 0.514. The molecule has 1 N–H and O–H groups in total. The molecule has 0 amide bonds. The molecule has 6 nitrogen and oxygen atoms in total. The van der Waals surface area contributed by atoms with Gasteiger partial charge >= 0.3 is 0 Å². The van der Waals surface area contributed by atoms with E-state index in [0.717, 1.165) is 63.9 Å². The van der Waals surface area contributed by atoms with Crippen molar-refractivity contribution < 1.29 is 0 Å². The maximum Gasteiger partial charge on any atom is 0.144 e. The van der Waals surface area contributed by atoms with Crippen molar-refractivity contribution >= 4 is 11.5 Å².